The molecular weight excluding hydrogens is 386 g/mol. The summed E-state index contributed by atoms with van der Waals surface area (Å²) in [6.45, 7) is 8.01. The van der Waals surface area contributed by atoms with Gasteiger partial charge in [0, 0.05) is 49.9 Å². The molecule has 5 nitrogen and oxygen atoms in total. The molecule has 1 aliphatic rings. The predicted octanol–water partition coefficient (Wildman–Crippen LogP) is 3.14. The van der Waals surface area contributed by atoms with E-state index in [1.807, 2.05) is 53.4 Å². The van der Waals surface area contributed by atoms with Gasteiger partial charge in [0.05, 0.1) is 0 Å². The van der Waals surface area contributed by atoms with Gasteiger partial charge in [0.2, 0.25) is 5.91 Å². The monoisotopic (exact) mass is 411 g/mol. The van der Waals surface area contributed by atoms with Crippen molar-refractivity contribution in [1.82, 2.24) is 15.1 Å². The summed E-state index contributed by atoms with van der Waals surface area (Å²) in [7, 11) is 0. The maximum absolute atomic E-state index is 12.8. The third-order valence-corrected chi connectivity index (χ3v) is 5.33. The van der Waals surface area contributed by atoms with E-state index < -0.39 is 0 Å². The van der Waals surface area contributed by atoms with E-state index >= 15 is 0 Å². The maximum atomic E-state index is 12.8. The van der Waals surface area contributed by atoms with Gasteiger partial charge >= 0.3 is 0 Å². The van der Waals surface area contributed by atoms with Gasteiger partial charge in [-0.25, -0.2) is 0 Å². The lowest BCUT2D eigenvalue weighted by molar-refractivity contribution is -0.116. The van der Waals surface area contributed by atoms with Crippen LogP contribution in [0.5, 0.6) is 0 Å². The van der Waals surface area contributed by atoms with Crippen LogP contribution in [-0.2, 0) is 17.8 Å². The number of nitrogens with zero attached hydrogens (tertiary/aromatic N) is 2. The summed E-state index contributed by atoms with van der Waals surface area (Å²) in [5.41, 5.74) is 3.02. The minimum atomic E-state index is -0.174. The van der Waals surface area contributed by atoms with Crippen LogP contribution < -0.4 is 5.32 Å². The van der Waals surface area contributed by atoms with Crippen molar-refractivity contribution in [1.29, 1.82) is 0 Å². The molecule has 1 fully saturated rings. The van der Waals surface area contributed by atoms with Crippen molar-refractivity contribution in [2.75, 3.05) is 32.7 Å². The lowest BCUT2D eigenvalue weighted by Gasteiger charge is -2.34. The Bertz CT molecular complexity index is 841. The molecule has 2 amide bonds. The zero-order valence-electron chi connectivity index (χ0n) is 16.4. The second kappa shape index (κ2) is 10.2. The molecule has 1 heterocycles. The van der Waals surface area contributed by atoms with Crippen molar-refractivity contribution in [3.8, 4) is 0 Å². The SMILES string of the molecule is C=CC(=O)NCCc1ccc(C(=O)N2CCN(Cc3ccc(Cl)cc3)CC2)cc1. The first-order chi connectivity index (χ1) is 14.0. The Morgan fingerprint density at radius 2 is 1.59 bits per heavy atom. The highest BCUT2D eigenvalue weighted by molar-refractivity contribution is 6.30. The topological polar surface area (TPSA) is 52.7 Å². The Hall–Kier alpha value is -2.63. The van der Waals surface area contributed by atoms with E-state index in [0.717, 1.165) is 49.7 Å². The molecule has 1 N–H and O–H groups in total. The van der Waals surface area contributed by atoms with Crippen molar-refractivity contribution >= 4 is 23.4 Å². The number of hydrogen-bond acceptors (Lipinski definition) is 3. The van der Waals surface area contributed by atoms with Gasteiger partial charge < -0.3 is 10.2 Å². The van der Waals surface area contributed by atoms with Gasteiger partial charge in [-0.1, -0.05) is 42.4 Å². The quantitative estimate of drug-likeness (QED) is 0.712. The van der Waals surface area contributed by atoms with Crippen LogP contribution >= 0.6 is 11.6 Å². The number of rotatable bonds is 7. The van der Waals surface area contributed by atoms with Crippen molar-refractivity contribution in [2.24, 2.45) is 0 Å². The number of carbonyl (C=O) groups is 2. The highest BCUT2D eigenvalue weighted by Gasteiger charge is 2.22. The lowest BCUT2D eigenvalue weighted by Crippen LogP contribution is -2.48. The number of amides is 2. The van der Waals surface area contributed by atoms with Crippen LogP contribution in [-0.4, -0.2) is 54.3 Å². The number of benzene rings is 2. The highest BCUT2D eigenvalue weighted by Crippen LogP contribution is 2.15. The minimum absolute atomic E-state index is 0.0719. The fourth-order valence-corrected chi connectivity index (χ4v) is 3.48. The van der Waals surface area contributed by atoms with Crippen LogP contribution in [0.2, 0.25) is 5.02 Å². The predicted molar refractivity (Wildman–Crippen MR) is 116 cm³/mol. The molecule has 0 atom stereocenters. The number of hydrogen-bond donors (Lipinski definition) is 1. The van der Waals surface area contributed by atoms with E-state index in [1.165, 1.54) is 11.6 Å². The van der Waals surface area contributed by atoms with Crippen LogP contribution in [0.15, 0.2) is 61.2 Å². The van der Waals surface area contributed by atoms with Crippen LogP contribution in [0.1, 0.15) is 21.5 Å². The average molecular weight is 412 g/mol. The second-order valence-corrected chi connectivity index (χ2v) is 7.57. The van der Waals surface area contributed by atoms with Crippen molar-refractivity contribution in [3.63, 3.8) is 0 Å². The second-order valence-electron chi connectivity index (χ2n) is 7.14. The molecule has 0 unspecified atom stereocenters. The zero-order valence-corrected chi connectivity index (χ0v) is 17.2. The summed E-state index contributed by atoms with van der Waals surface area (Å²) >= 11 is 5.94. The Morgan fingerprint density at radius 3 is 2.21 bits per heavy atom. The van der Waals surface area contributed by atoms with E-state index in [1.54, 1.807) is 0 Å². The molecule has 0 bridgehead atoms. The molecule has 1 aliphatic heterocycles. The summed E-state index contributed by atoms with van der Waals surface area (Å²) < 4.78 is 0. The van der Waals surface area contributed by atoms with Crippen LogP contribution in [0.25, 0.3) is 0 Å². The normalized spacial score (nSPS) is 14.4. The average Bonchev–Trinajstić information content (AvgIpc) is 2.76. The molecule has 3 rings (SSSR count). The summed E-state index contributed by atoms with van der Waals surface area (Å²) in [5.74, 6) is -0.102. The first kappa shape index (κ1) is 21.1. The highest BCUT2D eigenvalue weighted by atomic mass is 35.5. The number of halogens is 1. The molecule has 0 aromatic heterocycles. The number of carbonyl (C=O) groups excluding carboxylic acids is 2. The molecule has 2 aromatic rings. The first-order valence-corrected chi connectivity index (χ1v) is 10.2. The largest absolute Gasteiger partial charge is 0.352 e. The maximum Gasteiger partial charge on any atom is 0.253 e. The van der Waals surface area contributed by atoms with Crippen LogP contribution in [0, 0.1) is 0 Å². The Balaban J connectivity index is 1.46. The molecule has 0 radical (unpaired) electrons. The summed E-state index contributed by atoms with van der Waals surface area (Å²) in [6.07, 6.45) is 1.98. The summed E-state index contributed by atoms with van der Waals surface area (Å²) in [6, 6.07) is 15.5. The number of nitrogens with one attached hydrogen (secondary N) is 1. The molecule has 0 aliphatic carbocycles. The zero-order chi connectivity index (χ0) is 20.6. The third-order valence-electron chi connectivity index (χ3n) is 5.08. The van der Waals surface area contributed by atoms with Gasteiger partial charge in [0.25, 0.3) is 5.91 Å². The van der Waals surface area contributed by atoms with Gasteiger partial charge in [0.1, 0.15) is 0 Å². The fraction of sp³-hybridized carbons (Fsp3) is 0.304. The van der Waals surface area contributed by atoms with E-state index in [0.29, 0.717) is 12.1 Å². The van der Waals surface area contributed by atoms with E-state index in [2.05, 4.69) is 16.8 Å². The lowest BCUT2D eigenvalue weighted by atomic mass is 10.1. The molecule has 1 saturated heterocycles. The van der Waals surface area contributed by atoms with Gasteiger partial charge in [-0.15, -0.1) is 0 Å². The van der Waals surface area contributed by atoms with Crippen molar-refractivity contribution in [3.05, 3.63) is 82.9 Å². The molecule has 6 heteroatoms. The van der Waals surface area contributed by atoms with Gasteiger partial charge in [-0.2, -0.15) is 0 Å². The van der Waals surface area contributed by atoms with Crippen LogP contribution in [0.4, 0.5) is 0 Å². The van der Waals surface area contributed by atoms with E-state index in [4.69, 9.17) is 11.6 Å². The molecule has 0 spiro atoms. The summed E-state index contributed by atoms with van der Waals surface area (Å²) in [5, 5.41) is 3.50. The van der Waals surface area contributed by atoms with E-state index in [9.17, 15) is 9.59 Å². The van der Waals surface area contributed by atoms with Crippen LogP contribution in [0.3, 0.4) is 0 Å². The Morgan fingerprint density at radius 1 is 0.966 bits per heavy atom. The molecular formula is C23H26ClN3O2. The number of piperazine rings is 1. The fourth-order valence-electron chi connectivity index (χ4n) is 3.36. The van der Waals surface area contributed by atoms with Crippen molar-refractivity contribution < 1.29 is 9.59 Å². The standard InChI is InChI=1S/C23H26ClN3O2/c1-2-22(28)25-12-11-18-3-7-20(8-4-18)23(29)27-15-13-26(14-16-27)17-19-5-9-21(24)10-6-19/h2-10H,1,11-17H2,(H,25,28). The molecule has 152 valence electrons. The van der Waals surface area contributed by atoms with Gasteiger partial charge in [0.15, 0.2) is 0 Å². The Kier molecular flexibility index (Phi) is 7.44. The first-order valence-electron chi connectivity index (χ1n) is 9.80. The minimum Gasteiger partial charge on any atom is -0.352 e. The molecule has 0 saturated carbocycles. The Labute approximate surface area is 177 Å². The third kappa shape index (κ3) is 6.17. The van der Waals surface area contributed by atoms with Gasteiger partial charge in [-0.3, -0.25) is 14.5 Å². The molecule has 2 aromatic carbocycles. The molecule has 29 heavy (non-hydrogen) atoms. The van der Waals surface area contributed by atoms with Gasteiger partial charge in [-0.05, 0) is 47.9 Å². The van der Waals surface area contributed by atoms with Crippen molar-refractivity contribution in [2.45, 2.75) is 13.0 Å². The summed E-state index contributed by atoms with van der Waals surface area (Å²) in [4.78, 5) is 28.2. The smallest absolute Gasteiger partial charge is 0.253 e. The van der Waals surface area contributed by atoms with E-state index in [-0.39, 0.29) is 11.8 Å².